The van der Waals surface area contributed by atoms with Gasteiger partial charge in [-0.05, 0) is 92.3 Å². The first kappa shape index (κ1) is 26.5. The lowest BCUT2D eigenvalue weighted by Gasteiger charge is -2.18. The Hall–Kier alpha value is -4.52. The van der Waals surface area contributed by atoms with Gasteiger partial charge in [-0.25, -0.2) is 4.98 Å². The number of hydrogen-bond donors (Lipinski definition) is 2. The number of aliphatic carboxylic acids is 1. The number of anilines is 1. The van der Waals surface area contributed by atoms with Gasteiger partial charge in [-0.15, -0.1) is 0 Å². The Kier molecular flexibility index (Phi) is 7.57. The van der Waals surface area contributed by atoms with Crippen LogP contribution in [0.5, 0.6) is 0 Å². The minimum Gasteiger partial charge on any atom is -0.481 e. The van der Waals surface area contributed by atoms with E-state index in [1.165, 1.54) is 17.7 Å². The molecule has 2 N–H and O–H groups in total. The number of nitrogens with zero attached hydrogens (tertiary/aromatic N) is 2. The Morgan fingerprint density at radius 1 is 0.895 bits per heavy atom. The number of amides is 1. The van der Waals surface area contributed by atoms with E-state index in [0.29, 0.717) is 22.3 Å². The van der Waals surface area contributed by atoms with E-state index in [1.807, 2.05) is 58.0 Å². The summed E-state index contributed by atoms with van der Waals surface area (Å²) in [4.78, 5) is 41.8. The van der Waals surface area contributed by atoms with Gasteiger partial charge >= 0.3 is 5.97 Å². The molecule has 3 aromatic carbocycles. The van der Waals surface area contributed by atoms with Crippen LogP contribution in [0.2, 0.25) is 0 Å². The van der Waals surface area contributed by atoms with Crippen molar-refractivity contribution >= 4 is 34.4 Å². The Balaban J connectivity index is 1.58. The molecule has 1 aromatic heterocycles. The number of ketones is 1. The van der Waals surface area contributed by atoms with Crippen LogP contribution < -0.4 is 5.32 Å². The van der Waals surface area contributed by atoms with Gasteiger partial charge in [0.05, 0.1) is 29.8 Å². The molecule has 0 aliphatic heterocycles. The third kappa shape index (κ3) is 5.27. The molecule has 7 nitrogen and oxygen atoms in total. The van der Waals surface area contributed by atoms with Gasteiger partial charge in [-0.1, -0.05) is 30.3 Å². The zero-order chi connectivity index (χ0) is 27.6. The number of carbonyl (C=O) groups excluding carboxylic acids is 2. The van der Waals surface area contributed by atoms with Crippen LogP contribution in [0.25, 0.3) is 11.0 Å². The van der Waals surface area contributed by atoms with Crippen molar-refractivity contribution in [3.63, 3.8) is 0 Å². The van der Waals surface area contributed by atoms with Crippen molar-refractivity contribution < 1.29 is 19.5 Å². The largest absolute Gasteiger partial charge is 0.481 e. The van der Waals surface area contributed by atoms with Crippen LogP contribution in [-0.2, 0) is 9.59 Å². The molecule has 0 saturated carbocycles. The number of fused-ring (bicyclic) bond motifs is 1. The number of carboxylic acid groups (broad SMARTS) is 1. The Bertz CT molecular complexity index is 1550. The van der Waals surface area contributed by atoms with Gasteiger partial charge < -0.3 is 15.0 Å². The highest BCUT2D eigenvalue weighted by Gasteiger charge is 2.20. The van der Waals surface area contributed by atoms with E-state index in [0.717, 1.165) is 27.8 Å². The van der Waals surface area contributed by atoms with Gasteiger partial charge in [0, 0.05) is 17.3 Å². The smallest absolute Gasteiger partial charge is 0.305 e. The molecule has 1 unspecified atom stereocenters. The number of nitrogens with one attached hydrogen (secondary N) is 1. The van der Waals surface area contributed by atoms with E-state index in [9.17, 15) is 19.5 Å². The zero-order valence-corrected chi connectivity index (χ0v) is 22.2. The van der Waals surface area contributed by atoms with Gasteiger partial charge in [0.1, 0.15) is 0 Å². The van der Waals surface area contributed by atoms with Crippen molar-refractivity contribution in [2.45, 2.75) is 47.1 Å². The number of carbonyl (C=O) groups is 3. The standard InChI is InChI=1S/C31H31N3O4/c1-18-19(2)21(4)31(22(5)20(18)3)28(35)13-14-29(36)33-24-11-12-25-27(15-24)34(17-32-25)26(16-30(37)38)23-9-7-6-8-10-23/h6-15,17,26H,16H2,1-5H3,(H,33,36)(H,37,38)/b14-13+. The summed E-state index contributed by atoms with van der Waals surface area (Å²) in [7, 11) is 0. The maximum absolute atomic E-state index is 13.0. The van der Waals surface area contributed by atoms with Crippen LogP contribution in [0.1, 0.15) is 56.2 Å². The summed E-state index contributed by atoms with van der Waals surface area (Å²) < 4.78 is 1.81. The normalized spacial score (nSPS) is 12.1. The maximum atomic E-state index is 13.0. The highest BCUT2D eigenvalue weighted by Crippen LogP contribution is 2.29. The predicted octanol–water partition coefficient (Wildman–Crippen LogP) is 6.02. The van der Waals surface area contributed by atoms with Gasteiger partial charge in [-0.3, -0.25) is 14.4 Å². The number of imidazole rings is 1. The molecule has 1 amide bonds. The van der Waals surface area contributed by atoms with Crippen LogP contribution in [0, 0.1) is 34.6 Å². The maximum Gasteiger partial charge on any atom is 0.305 e. The minimum absolute atomic E-state index is 0.117. The lowest BCUT2D eigenvalue weighted by atomic mass is 9.87. The van der Waals surface area contributed by atoms with Crippen LogP contribution in [0.4, 0.5) is 5.69 Å². The topological polar surface area (TPSA) is 101 Å². The quantitative estimate of drug-likeness (QED) is 0.223. The molecule has 0 fully saturated rings. The van der Waals surface area contributed by atoms with Crippen molar-refractivity contribution in [2.75, 3.05) is 5.32 Å². The summed E-state index contributed by atoms with van der Waals surface area (Å²) >= 11 is 0. The Morgan fingerprint density at radius 2 is 1.53 bits per heavy atom. The molecule has 194 valence electrons. The van der Waals surface area contributed by atoms with Crippen molar-refractivity contribution in [1.29, 1.82) is 0 Å². The second-order valence-corrected chi connectivity index (χ2v) is 9.57. The van der Waals surface area contributed by atoms with Crippen LogP contribution in [0.3, 0.4) is 0 Å². The molecule has 0 aliphatic carbocycles. The lowest BCUT2D eigenvalue weighted by Crippen LogP contribution is -2.14. The minimum atomic E-state index is -0.926. The SMILES string of the molecule is Cc1c(C)c(C)c(C(=O)/C=C/C(=O)Nc2ccc3ncn(C(CC(=O)O)c4ccccc4)c3c2)c(C)c1C. The van der Waals surface area contributed by atoms with Gasteiger partial charge in [0.25, 0.3) is 0 Å². The number of benzene rings is 3. The van der Waals surface area contributed by atoms with Gasteiger partial charge in [0.2, 0.25) is 5.91 Å². The highest BCUT2D eigenvalue weighted by molar-refractivity contribution is 6.11. The number of rotatable bonds is 8. The first-order valence-corrected chi connectivity index (χ1v) is 12.4. The third-order valence-corrected chi connectivity index (χ3v) is 7.36. The first-order chi connectivity index (χ1) is 18.1. The zero-order valence-electron chi connectivity index (χ0n) is 22.2. The fourth-order valence-corrected chi connectivity index (χ4v) is 4.86. The molecule has 0 radical (unpaired) electrons. The Morgan fingerprint density at radius 3 is 2.16 bits per heavy atom. The van der Waals surface area contributed by atoms with Gasteiger partial charge in [-0.2, -0.15) is 0 Å². The van der Waals surface area contributed by atoms with Crippen molar-refractivity contribution in [1.82, 2.24) is 9.55 Å². The summed E-state index contributed by atoms with van der Waals surface area (Å²) in [5.41, 5.74) is 8.53. The molecule has 7 heteroatoms. The number of allylic oxidation sites excluding steroid dienone is 1. The molecule has 0 aliphatic rings. The molecule has 4 rings (SSSR count). The van der Waals surface area contributed by atoms with E-state index in [-0.39, 0.29) is 12.2 Å². The van der Waals surface area contributed by atoms with E-state index < -0.39 is 17.9 Å². The summed E-state index contributed by atoms with van der Waals surface area (Å²) in [6.07, 6.45) is 4.05. The van der Waals surface area contributed by atoms with E-state index in [1.54, 1.807) is 29.1 Å². The molecular weight excluding hydrogens is 478 g/mol. The number of aromatic nitrogens is 2. The summed E-state index contributed by atoms with van der Waals surface area (Å²) in [6, 6.07) is 14.2. The summed E-state index contributed by atoms with van der Waals surface area (Å²) in [6.45, 7) is 9.92. The van der Waals surface area contributed by atoms with Gasteiger partial charge in [0.15, 0.2) is 5.78 Å². The highest BCUT2D eigenvalue weighted by atomic mass is 16.4. The van der Waals surface area contributed by atoms with E-state index in [2.05, 4.69) is 17.2 Å². The van der Waals surface area contributed by atoms with Crippen LogP contribution >= 0.6 is 0 Å². The van der Waals surface area contributed by atoms with Crippen LogP contribution in [-0.4, -0.2) is 32.3 Å². The average Bonchev–Trinajstić information content (AvgIpc) is 3.31. The second kappa shape index (κ2) is 10.8. The van der Waals surface area contributed by atoms with Crippen molar-refractivity contribution in [2.24, 2.45) is 0 Å². The molecule has 0 saturated heterocycles. The molecule has 1 atom stereocenters. The summed E-state index contributed by atoms with van der Waals surface area (Å²) in [5.74, 6) is -1.58. The Labute approximate surface area is 221 Å². The molecule has 0 bridgehead atoms. The molecule has 38 heavy (non-hydrogen) atoms. The number of carboxylic acids is 1. The second-order valence-electron chi connectivity index (χ2n) is 9.57. The average molecular weight is 510 g/mol. The van der Waals surface area contributed by atoms with E-state index >= 15 is 0 Å². The molecular formula is C31H31N3O4. The molecule has 0 spiro atoms. The first-order valence-electron chi connectivity index (χ1n) is 12.4. The van der Waals surface area contributed by atoms with Crippen molar-refractivity contribution in [3.05, 3.63) is 106 Å². The fourth-order valence-electron chi connectivity index (χ4n) is 4.86. The van der Waals surface area contributed by atoms with Crippen molar-refractivity contribution in [3.8, 4) is 0 Å². The molecule has 4 aromatic rings. The number of hydrogen-bond acceptors (Lipinski definition) is 4. The third-order valence-electron chi connectivity index (χ3n) is 7.36. The lowest BCUT2D eigenvalue weighted by molar-refractivity contribution is -0.137. The van der Waals surface area contributed by atoms with E-state index in [4.69, 9.17) is 0 Å². The summed E-state index contributed by atoms with van der Waals surface area (Å²) in [5, 5.41) is 12.3. The monoisotopic (exact) mass is 509 g/mol. The fraction of sp³-hybridized carbons (Fsp3) is 0.226. The van der Waals surface area contributed by atoms with Crippen LogP contribution in [0.15, 0.2) is 67.0 Å². The molecule has 1 heterocycles. The predicted molar refractivity (Wildman–Crippen MR) is 149 cm³/mol.